The van der Waals surface area contributed by atoms with Crippen molar-refractivity contribution in [2.75, 3.05) is 12.3 Å². The van der Waals surface area contributed by atoms with Crippen LogP contribution in [0.2, 0.25) is 0 Å². The number of imidazole rings is 1. The Morgan fingerprint density at radius 1 is 0.972 bits per heavy atom. The molecule has 5 heteroatoms. The Kier molecular flexibility index (Phi) is 7.70. The molecule has 0 amide bonds. The number of aryl methyl sites for hydroxylation is 4. The average Bonchev–Trinajstić information content (AvgIpc) is 3.22. The van der Waals surface area contributed by atoms with Crippen molar-refractivity contribution in [1.82, 2.24) is 19.9 Å². The number of rotatable bonds is 10. The van der Waals surface area contributed by atoms with E-state index in [0.29, 0.717) is 0 Å². The lowest BCUT2D eigenvalue weighted by atomic mass is 10.1. The monoisotopic (exact) mass is 498 g/mol. The zero-order valence-electron chi connectivity index (χ0n) is 22.1. The van der Waals surface area contributed by atoms with Crippen LogP contribution in [0.5, 0.6) is 0 Å². The largest absolute Gasteiger partial charge is 0.388 e. The van der Waals surface area contributed by atoms with Gasteiger partial charge in [-0.25, -0.2) is 4.98 Å². The van der Waals surface area contributed by atoms with Gasteiger partial charge in [-0.05, 0) is 80.2 Å². The summed E-state index contributed by atoms with van der Waals surface area (Å²) in [5.74, 6) is 10.9. The molecule has 188 valence electrons. The predicted octanol–water partition coefficient (Wildman–Crippen LogP) is 6.67. The third-order valence-corrected chi connectivity index (χ3v) is 8.89. The molecule has 4 rings (SSSR count). The molecule has 0 radical (unpaired) electrons. The first-order valence-corrected chi connectivity index (χ1v) is 14.7. The summed E-state index contributed by atoms with van der Waals surface area (Å²) in [6.45, 7) is 13.4. The first-order valence-electron chi connectivity index (χ1n) is 12.6. The van der Waals surface area contributed by atoms with E-state index < -0.39 is 9.21 Å². The van der Waals surface area contributed by atoms with Gasteiger partial charge < -0.3 is 5.32 Å². The highest BCUT2D eigenvalue weighted by Gasteiger charge is 2.14. The lowest BCUT2D eigenvalue weighted by Gasteiger charge is -2.17. The van der Waals surface area contributed by atoms with Crippen LogP contribution in [0.4, 0.5) is 0 Å². The van der Waals surface area contributed by atoms with Gasteiger partial charge in [0.2, 0.25) is 0 Å². The summed E-state index contributed by atoms with van der Waals surface area (Å²) in [6, 6.07) is 19.6. The van der Waals surface area contributed by atoms with Crippen molar-refractivity contribution >= 4 is 32.0 Å². The van der Waals surface area contributed by atoms with Crippen molar-refractivity contribution in [2.45, 2.75) is 51.9 Å². The van der Waals surface area contributed by atoms with E-state index in [1.807, 2.05) is 13.8 Å². The molecule has 2 aromatic heterocycles. The zero-order valence-corrected chi connectivity index (χ0v) is 22.9. The molecule has 4 nitrogen and oxygen atoms in total. The summed E-state index contributed by atoms with van der Waals surface area (Å²) in [5, 5.41) is 3.50. The maximum Gasteiger partial charge on any atom is 0.114 e. The molecular formula is C31H38N4S. The molecular weight excluding hydrogens is 460 g/mol. The molecule has 0 aliphatic rings. The van der Waals surface area contributed by atoms with E-state index >= 15 is 0 Å². The number of aromatic nitrogens is 3. The lowest BCUT2D eigenvalue weighted by Crippen LogP contribution is -2.16. The summed E-state index contributed by atoms with van der Waals surface area (Å²) in [4.78, 5) is 10.7. The Hall–Kier alpha value is -3.31. The van der Waals surface area contributed by atoms with Crippen molar-refractivity contribution < 1.29 is 0 Å². The van der Waals surface area contributed by atoms with E-state index in [2.05, 4.69) is 102 Å². The normalized spacial score (nSPS) is 11.7. The highest BCUT2D eigenvalue weighted by atomic mass is 32.2. The average molecular weight is 499 g/mol. The summed E-state index contributed by atoms with van der Waals surface area (Å²) in [5.41, 5.74) is 8.87. The molecule has 0 aliphatic carbocycles. The predicted molar refractivity (Wildman–Crippen MR) is 159 cm³/mol. The third kappa shape index (κ3) is 5.73. The Bertz CT molecular complexity index is 1470. The Morgan fingerprint density at radius 2 is 1.67 bits per heavy atom. The number of allylic oxidation sites excluding steroid dienone is 1. The minimum absolute atomic E-state index is 0.859. The molecule has 0 saturated carbocycles. The third-order valence-electron chi connectivity index (χ3n) is 6.63. The molecule has 0 atom stereocenters. The number of pyridine rings is 1. The number of benzene rings is 2. The number of hydrogen-bond acceptors (Lipinski definition) is 3. The Morgan fingerprint density at radius 3 is 2.33 bits per heavy atom. The van der Waals surface area contributed by atoms with Crippen molar-refractivity contribution in [3.05, 3.63) is 95.2 Å². The van der Waals surface area contributed by atoms with Crippen LogP contribution >= 0.6 is 9.21 Å². The molecule has 0 saturated heterocycles. The molecule has 36 heavy (non-hydrogen) atoms. The first kappa shape index (κ1) is 25.8. The first-order chi connectivity index (χ1) is 17.2. The molecule has 0 fully saturated rings. The van der Waals surface area contributed by atoms with Crippen LogP contribution in [0.25, 0.3) is 16.7 Å². The standard InChI is InChI=1S/C31H38N4S/c1-8-30-34-31-25(5)33-24(4)21-29(31)35(30)27-13-11-26(12-14-27)17-19-32-23(3)18-20-36(6,7)28-15-9-22(2)10-16-28/h9-16,21,32H,3,6-8,17-20H2,1-2,4-5H3. The van der Waals surface area contributed by atoms with Crippen LogP contribution in [-0.4, -0.2) is 38.6 Å². The van der Waals surface area contributed by atoms with Crippen LogP contribution in [0, 0.1) is 20.8 Å². The van der Waals surface area contributed by atoms with Gasteiger partial charge in [-0.1, -0.05) is 55.1 Å². The van der Waals surface area contributed by atoms with Gasteiger partial charge in [0.05, 0.1) is 11.2 Å². The summed E-state index contributed by atoms with van der Waals surface area (Å²) < 4.78 is 2.26. The number of hydrogen-bond donors (Lipinski definition) is 1. The molecule has 0 unspecified atom stereocenters. The second-order valence-corrected chi connectivity index (χ2v) is 12.7. The molecule has 4 aromatic rings. The minimum Gasteiger partial charge on any atom is -0.388 e. The zero-order chi connectivity index (χ0) is 25.9. The van der Waals surface area contributed by atoms with Crippen molar-refractivity contribution in [3.63, 3.8) is 0 Å². The van der Waals surface area contributed by atoms with Gasteiger partial charge in [0.15, 0.2) is 0 Å². The SMILES string of the molecule is C=C(CCS(=C)(=C)c1ccc(C)cc1)NCCc1ccc(-n2c(CC)nc3c(C)nc(C)cc32)cc1. The van der Waals surface area contributed by atoms with Gasteiger partial charge in [-0.2, -0.15) is 9.21 Å². The summed E-state index contributed by atoms with van der Waals surface area (Å²) >= 11 is 0. The smallest absolute Gasteiger partial charge is 0.114 e. The Balaban J connectivity index is 1.35. The molecule has 2 heterocycles. The van der Waals surface area contributed by atoms with Crippen molar-refractivity contribution in [3.8, 4) is 5.69 Å². The van der Waals surface area contributed by atoms with Gasteiger partial charge in [0.25, 0.3) is 0 Å². The highest BCUT2D eigenvalue weighted by Crippen LogP contribution is 2.33. The number of nitrogens with zero attached hydrogens (tertiary/aromatic N) is 3. The van der Waals surface area contributed by atoms with Gasteiger partial charge in [0, 0.05) is 30.0 Å². The highest BCUT2D eigenvalue weighted by molar-refractivity contribution is 8.27. The van der Waals surface area contributed by atoms with E-state index in [9.17, 15) is 0 Å². The van der Waals surface area contributed by atoms with E-state index in [4.69, 9.17) is 4.98 Å². The van der Waals surface area contributed by atoms with E-state index in [-0.39, 0.29) is 0 Å². The fourth-order valence-corrected chi connectivity index (χ4v) is 6.09. The van der Waals surface area contributed by atoms with Crippen molar-refractivity contribution in [2.24, 2.45) is 0 Å². The van der Waals surface area contributed by atoms with Crippen molar-refractivity contribution in [1.29, 1.82) is 0 Å². The number of nitrogens with one attached hydrogen (secondary N) is 1. The topological polar surface area (TPSA) is 42.7 Å². The fraction of sp³-hybridized carbons (Fsp3) is 0.290. The van der Waals surface area contributed by atoms with Crippen LogP contribution < -0.4 is 5.32 Å². The quantitative estimate of drug-likeness (QED) is 0.248. The van der Waals surface area contributed by atoms with Crippen LogP contribution in [-0.2, 0) is 12.8 Å². The van der Waals surface area contributed by atoms with E-state index in [0.717, 1.165) is 71.2 Å². The fourth-order valence-electron chi connectivity index (χ4n) is 4.50. The lowest BCUT2D eigenvalue weighted by molar-refractivity contribution is 0.762. The Labute approximate surface area is 216 Å². The van der Waals surface area contributed by atoms with Gasteiger partial charge in [-0.3, -0.25) is 9.55 Å². The van der Waals surface area contributed by atoms with Crippen LogP contribution in [0.3, 0.4) is 0 Å². The summed E-state index contributed by atoms with van der Waals surface area (Å²) in [6.07, 6.45) is 2.70. The number of fused-ring (bicyclic) bond motifs is 1. The maximum absolute atomic E-state index is 4.87. The molecule has 1 N–H and O–H groups in total. The molecule has 0 aliphatic heterocycles. The van der Waals surface area contributed by atoms with Gasteiger partial charge in [0.1, 0.15) is 11.3 Å². The molecule has 0 bridgehead atoms. The van der Waals surface area contributed by atoms with E-state index in [1.165, 1.54) is 16.0 Å². The van der Waals surface area contributed by atoms with Crippen LogP contribution in [0.15, 0.2) is 71.8 Å². The van der Waals surface area contributed by atoms with Crippen LogP contribution in [0.1, 0.15) is 41.7 Å². The maximum atomic E-state index is 4.87. The van der Waals surface area contributed by atoms with Gasteiger partial charge >= 0.3 is 0 Å². The second-order valence-electron chi connectivity index (χ2n) is 9.69. The summed E-state index contributed by atoms with van der Waals surface area (Å²) in [7, 11) is -1.31. The minimum atomic E-state index is -1.31. The second kappa shape index (κ2) is 10.8. The molecule has 0 spiro atoms. The molecule has 2 aromatic carbocycles. The van der Waals surface area contributed by atoms with Gasteiger partial charge in [-0.15, -0.1) is 0 Å². The van der Waals surface area contributed by atoms with E-state index in [1.54, 1.807) is 0 Å².